The molecule has 1 amide bonds. The van der Waals surface area contributed by atoms with Crippen molar-refractivity contribution in [1.82, 2.24) is 14.7 Å². The molecule has 1 atom stereocenters. The summed E-state index contributed by atoms with van der Waals surface area (Å²) in [7, 11) is 0. The first-order valence-corrected chi connectivity index (χ1v) is 9.15. The molecule has 1 aromatic carbocycles. The van der Waals surface area contributed by atoms with Crippen LogP contribution in [0.1, 0.15) is 22.3 Å². The van der Waals surface area contributed by atoms with Crippen LogP contribution in [0.25, 0.3) is 5.52 Å². The molecule has 25 heavy (non-hydrogen) atoms. The molecule has 0 aliphatic carbocycles. The third-order valence-electron chi connectivity index (χ3n) is 4.68. The molecule has 1 aliphatic heterocycles. The molecule has 4 rings (SSSR count). The minimum atomic E-state index is -0.0237. The van der Waals surface area contributed by atoms with Crippen LogP contribution < -0.4 is 10.2 Å². The monoisotopic (exact) mass is 398 g/mol. The molecule has 0 unspecified atom stereocenters. The van der Waals surface area contributed by atoms with Gasteiger partial charge in [-0.15, -0.1) is 0 Å². The molecule has 1 aliphatic rings. The Bertz CT molecular complexity index is 919. The zero-order chi connectivity index (χ0) is 17.4. The van der Waals surface area contributed by atoms with E-state index in [-0.39, 0.29) is 11.9 Å². The van der Waals surface area contributed by atoms with E-state index in [4.69, 9.17) is 0 Å². The normalized spacial score (nSPS) is 17.2. The van der Waals surface area contributed by atoms with Gasteiger partial charge in [-0.25, -0.2) is 4.98 Å². The number of aromatic nitrogens is 2. The summed E-state index contributed by atoms with van der Waals surface area (Å²) in [4.78, 5) is 19.3. The third-order valence-corrected chi connectivity index (χ3v) is 5.21. The van der Waals surface area contributed by atoms with Crippen molar-refractivity contribution in [1.29, 1.82) is 0 Å². The van der Waals surface area contributed by atoms with E-state index in [1.165, 1.54) is 5.56 Å². The number of fused-ring (bicyclic) bond motifs is 1. The summed E-state index contributed by atoms with van der Waals surface area (Å²) in [5.74, 6) is 0.967. The lowest BCUT2D eigenvalue weighted by molar-refractivity contribution is 0.0940. The number of hydrogen-bond acceptors (Lipinski definition) is 3. The fourth-order valence-corrected chi connectivity index (χ4v) is 3.64. The predicted octanol–water partition coefficient (Wildman–Crippen LogP) is 3.41. The maximum Gasteiger partial charge on any atom is 0.251 e. The van der Waals surface area contributed by atoms with E-state index in [9.17, 15) is 4.79 Å². The van der Waals surface area contributed by atoms with Crippen molar-refractivity contribution in [3.8, 4) is 0 Å². The number of hydrogen-bond donors (Lipinski definition) is 1. The van der Waals surface area contributed by atoms with Crippen LogP contribution in [-0.4, -0.2) is 34.4 Å². The molecule has 0 bridgehead atoms. The predicted molar refractivity (Wildman–Crippen MR) is 102 cm³/mol. The second-order valence-electron chi connectivity index (χ2n) is 6.42. The van der Waals surface area contributed by atoms with Crippen molar-refractivity contribution in [3.05, 3.63) is 64.5 Å². The van der Waals surface area contributed by atoms with E-state index >= 15 is 0 Å². The molecule has 5 nitrogen and oxygen atoms in total. The average Bonchev–Trinajstić information content (AvgIpc) is 3.23. The Balaban J connectivity index is 1.48. The van der Waals surface area contributed by atoms with Gasteiger partial charge in [0.2, 0.25) is 0 Å². The lowest BCUT2D eigenvalue weighted by Gasteiger charge is -2.19. The summed E-state index contributed by atoms with van der Waals surface area (Å²) >= 11 is 3.39. The van der Waals surface area contributed by atoms with E-state index in [2.05, 4.69) is 54.7 Å². The summed E-state index contributed by atoms with van der Waals surface area (Å²) in [5.41, 5.74) is 3.04. The highest BCUT2D eigenvalue weighted by Crippen LogP contribution is 2.26. The zero-order valence-corrected chi connectivity index (χ0v) is 15.5. The van der Waals surface area contributed by atoms with Crippen LogP contribution in [0.2, 0.25) is 0 Å². The Hall–Kier alpha value is -2.34. The van der Waals surface area contributed by atoms with Crippen LogP contribution in [0, 0.1) is 6.92 Å². The van der Waals surface area contributed by atoms with Gasteiger partial charge in [0, 0.05) is 47.8 Å². The van der Waals surface area contributed by atoms with Crippen molar-refractivity contribution in [3.63, 3.8) is 0 Å². The van der Waals surface area contributed by atoms with Gasteiger partial charge in [0.15, 0.2) is 5.82 Å². The molecule has 3 aromatic rings. The van der Waals surface area contributed by atoms with E-state index in [0.29, 0.717) is 5.56 Å². The molecule has 1 saturated heterocycles. The van der Waals surface area contributed by atoms with Crippen molar-refractivity contribution < 1.29 is 4.79 Å². The molecule has 1 fully saturated rings. The van der Waals surface area contributed by atoms with Crippen molar-refractivity contribution in [2.45, 2.75) is 19.4 Å². The number of nitrogens with one attached hydrogen (secondary N) is 1. The van der Waals surface area contributed by atoms with Gasteiger partial charge < -0.3 is 14.6 Å². The number of carbonyl (C=O) groups excluding carboxylic acids is 1. The van der Waals surface area contributed by atoms with Crippen molar-refractivity contribution in [2.75, 3.05) is 18.0 Å². The Morgan fingerprint density at radius 3 is 2.84 bits per heavy atom. The van der Waals surface area contributed by atoms with Gasteiger partial charge in [-0.05, 0) is 49.2 Å². The van der Waals surface area contributed by atoms with Crippen LogP contribution in [0.15, 0.2) is 53.4 Å². The van der Waals surface area contributed by atoms with E-state index in [0.717, 1.165) is 35.3 Å². The number of rotatable bonds is 3. The Morgan fingerprint density at radius 1 is 1.24 bits per heavy atom. The second kappa shape index (κ2) is 6.52. The first-order valence-electron chi connectivity index (χ1n) is 8.35. The van der Waals surface area contributed by atoms with Gasteiger partial charge in [0.1, 0.15) is 0 Å². The molecule has 3 heterocycles. The number of nitrogens with zero attached hydrogens (tertiary/aromatic N) is 3. The SMILES string of the molecule is Cc1ccn2ccnc(N3CC[C@H](NC(=O)c4ccc(Br)cc4)C3)c12. The lowest BCUT2D eigenvalue weighted by Crippen LogP contribution is -2.37. The number of halogens is 1. The maximum atomic E-state index is 12.4. The summed E-state index contributed by atoms with van der Waals surface area (Å²) in [6.45, 7) is 3.77. The Morgan fingerprint density at radius 2 is 2.04 bits per heavy atom. The lowest BCUT2D eigenvalue weighted by atomic mass is 10.2. The average molecular weight is 399 g/mol. The maximum absolute atomic E-state index is 12.4. The summed E-state index contributed by atoms with van der Waals surface area (Å²) in [5, 5.41) is 3.14. The van der Waals surface area contributed by atoms with Crippen LogP contribution in [0.3, 0.4) is 0 Å². The first-order chi connectivity index (χ1) is 12.1. The number of aryl methyl sites for hydroxylation is 1. The highest BCUT2D eigenvalue weighted by Gasteiger charge is 2.26. The quantitative estimate of drug-likeness (QED) is 0.735. The molecule has 2 aromatic heterocycles. The molecular weight excluding hydrogens is 380 g/mol. The summed E-state index contributed by atoms with van der Waals surface area (Å²) in [6.07, 6.45) is 6.77. The molecule has 0 radical (unpaired) electrons. The smallest absolute Gasteiger partial charge is 0.251 e. The number of amides is 1. The minimum Gasteiger partial charge on any atom is -0.353 e. The van der Waals surface area contributed by atoms with E-state index in [1.54, 1.807) is 0 Å². The van der Waals surface area contributed by atoms with Gasteiger partial charge in [-0.3, -0.25) is 4.79 Å². The Kier molecular flexibility index (Phi) is 4.21. The van der Waals surface area contributed by atoms with Crippen LogP contribution >= 0.6 is 15.9 Å². The van der Waals surface area contributed by atoms with Crippen molar-refractivity contribution in [2.24, 2.45) is 0 Å². The third kappa shape index (κ3) is 3.14. The van der Waals surface area contributed by atoms with Gasteiger partial charge in [-0.1, -0.05) is 15.9 Å². The van der Waals surface area contributed by atoms with Crippen LogP contribution in [0.4, 0.5) is 5.82 Å². The number of anilines is 1. The molecular formula is C19H19BrN4O. The number of benzene rings is 1. The second-order valence-corrected chi connectivity index (χ2v) is 7.33. The molecule has 0 saturated carbocycles. The highest BCUT2D eigenvalue weighted by atomic mass is 79.9. The molecule has 0 spiro atoms. The molecule has 1 N–H and O–H groups in total. The van der Waals surface area contributed by atoms with E-state index in [1.807, 2.05) is 36.7 Å². The van der Waals surface area contributed by atoms with Gasteiger partial charge in [0.05, 0.1) is 5.52 Å². The topological polar surface area (TPSA) is 49.6 Å². The molecule has 6 heteroatoms. The summed E-state index contributed by atoms with van der Waals surface area (Å²) < 4.78 is 3.07. The zero-order valence-electron chi connectivity index (χ0n) is 13.9. The fraction of sp³-hybridized carbons (Fsp3) is 0.263. The number of carbonyl (C=O) groups is 1. The largest absolute Gasteiger partial charge is 0.353 e. The minimum absolute atomic E-state index is 0.0237. The van der Waals surface area contributed by atoms with Gasteiger partial charge >= 0.3 is 0 Å². The highest BCUT2D eigenvalue weighted by molar-refractivity contribution is 9.10. The van der Waals surface area contributed by atoms with Gasteiger partial charge in [-0.2, -0.15) is 0 Å². The fourth-order valence-electron chi connectivity index (χ4n) is 3.37. The standard InChI is InChI=1S/C19H19BrN4O/c1-13-6-9-23-11-8-21-18(17(13)23)24-10-7-16(12-24)22-19(25)14-2-4-15(20)5-3-14/h2-6,8-9,11,16H,7,10,12H2,1H3,(H,22,25)/t16-/m0/s1. The van der Waals surface area contributed by atoms with Crippen LogP contribution in [0.5, 0.6) is 0 Å². The molecule has 128 valence electrons. The summed E-state index contributed by atoms with van der Waals surface area (Å²) in [6, 6.07) is 9.67. The van der Waals surface area contributed by atoms with E-state index < -0.39 is 0 Å². The van der Waals surface area contributed by atoms with Gasteiger partial charge in [0.25, 0.3) is 5.91 Å². The van der Waals surface area contributed by atoms with Crippen molar-refractivity contribution >= 4 is 33.2 Å². The van der Waals surface area contributed by atoms with Crippen LogP contribution in [-0.2, 0) is 0 Å². The first kappa shape index (κ1) is 16.1. The Labute approximate surface area is 154 Å².